The third kappa shape index (κ3) is 3.86. The van der Waals surface area contributed by atoms with Crippen LogP contribution >= 0.6 is 27.5 Å². The molecule has 6 rings (SSSR count). The van der Waals surface area contributed by atoms with Crippen molar-refractivity contribution >= 4 is 27.5 Å². The molecule has 0 spiro atoms. The summed E-state index contributed by atoms with van der Waals surface area (Å²) in [5.41, 5.74) is 2.60. The van der Waals surface area contributed by atoms with Gasteiger partial charge in [-0.1, -0.05) is 45.7 Å². The summed E-state index contributed by atoms with van der Waals surface area (Å²) in [4.78, 5) is 0. The van der Waals surface area contributed by atoms with Gasteiger partial charge in [0, 0.05) is 32.7 Å². The SMILES string of the molecule is Clc1ccccc1COc1ccc(Br)cc1CNC12CC3CC(CC(C3)C1)C2. The second-order valence-electron chi connectivity index (χ2n) is 9.18. The van der Waals surface area contributed by atoms with Gasteiger partial charge in [0.15, 0.2) is 0 Å². The normalized spacial score (nSPS) is 30.6. The molecule has 0 unspecified atom stereocenters. The van der Waals surface area contributed by atoms with Crippen LogP contribution in [0.3, 0.4) is 0 Å². The highest BCUT2D eigenvalue weighted by molar-refractivity contribution is 9.10. The maximum Gasteiger partial charge on any atom is 0.124 e. The van der Waals surface area contributed by atoms with Crippen molar-refractivity contribution in [2.24, 2.45) is 17.8 Å². The Morgan fingerprint density at radius 1 is 0.964 bits per heavy atom. The molecule has 0 aliphatic heterocycles. The molecule has 4 fully saturated rings. The van der Waals surface area contributed by atoms with E-state index >= 15 is 0 Å². The van der Waals surface area contributed by atoms with E-state index in [4.69, 9.17) is 16.3 Å². The van der Waals surface area contributed by atoms with Crippen LogP contribution in [0.2, 0.25) is 5.02 Å². The molecule has 2 aromatic rings. The van der Waals surface area contributed by atoms with Crippen molar-refractivity contribution in [3.63, 3.8) is 0 Å². The summed E-state index contributed by atoms with van der Waals surface area (Å²) in [5, 5.41) is 4.75. The first-order chi connectivity index (χ1) is 13.6. The van der Waals surface area contributed by atoms with Crippen LogP contribution in [0.4, 0.5) is 0 Å². The number of benzene rings is 2. The van der Waals surface area contributed by atoms with E-state index in [1.807, 2.05) is 24.3 Å². The van der Waals surface area contributed by atoms with Crippen LogP contribution in [0.1, 0.15) is 49.7 Å². The smallest absolute Gasteiger partial charge is 0.124 e. The minimum absolute atomic E-state index is 0.358. The molecule has 0 atom stereocenters. The Labute approximate surface area is 181 Å². The first kappa shape index (κ1) is 19.0. The summed E-state index contributed by atoms with van der Waals surface area (Å²) in [7, 11) is 0. The van der Waals surface area contributed by atoms with Crippen molar-refractivity contribution in [1.82, 2.24) is 5.32 Å². The average Bonchev–Trinajstić information content (AvgIpc) is 2.66. The number of nitrogens with one attached hydrogen (secondary N) is 1. The van der Waals surface area contributed by atoms with Crippen LogP contribution in [0.15, 0.2) is 46.9 Å². The zero-order chi connectivity index (χ0) is 19.1. The van der Waals surface area contributed by atoms with Gasteiger partial charge in [0.05, 0.1) is 0 Å². The summed E-state index contributed by atoms with van der Waals surface area (Å²) in [6, 6.07) is 14.2. The van der Waals surface area contributed by atoms with Crippen molar-refractivity contribution in [3.8, 4) is 5.75 Å². The second kappa shape index (κ2) is 7.66. The number of hydrogen-bond donors (Lipinski definition) is 1. The van der Waals surface area contributed by atoms with E-state index in [1.54, 1.807) is 0 Å². The molecule has 4 aliphatic rings. The highest BCUT2D eigenvalue weighted by Crippen LogP contribution is 2.55. The van der Waals surface area contributed by atoms with Gasteiger partial charge in [0.25, 0.3) is 0 Å². The molecular weight excluding hydrogens is 434 g/mol. The molecule has 0 saturated heterocycles. The Hall–Kier alpha value is -1.03. The van der Waals surface area contributed by atoms with E-state index in [1.165, 1.54) is 44.1 Å². The minimum atomic E-state index is 0.358. The van der Waals surface area contributed by atoms with Gasteiger partial charge >= 0.3 is 0 Å². The van der Waals surface area contributed by atoms with Crippen molar-refractivity contribution in [1.29, 1.82) is 0 Å². The molecular formula is C24H27BrClNO. The Morgan fingerprint density at radius 2 is 1.64 bits per heavy atom. The third-order valence-electron chi connectivity index (χ3n) is 7.06. The summed E-state index contributed by atoms with van der Waals surface area (Å²) in [6.07, 6.45) is 8.52. The number of rotatable bonds is 6. The number of hydrogen-bond acceptors (Lipinski definition) is 2. The van der Waals surface area contributed by atoms with Crippen LogP contribution < -0.4 is 10.1 Å². The van der Waals surface area contributed by atoms with Crippen LogP contribution in [-0.4, -0.2) is 5.54 Å². The second-order valence-corrected chi connectivity index (χ2v) is 10.5. The highest BCUT2D eigenvalue weighted by Gasteiger charge is 2.50. The predicted molar refractivity (Wildman–Crippen MR) is 118 cm³/mol. The fourth-order valence-electron chi connectivity index (χ4n) is 6.21. The lowest BCUT2D eigenvalue weighted by Gasteiger charge is -2.57. The Kier molecular flexibility index (Phi) is 5.19. The fraction of sp³-hybridized carbons (Fsp3) is 0.500. The van der Waals surface area contributed by atoms with Gasteiger partial charge in [-0.05, 0) is 80.5 Å². The van der Waals surface area contributed by atoms with Crippen LogP contribution in [-0.2, 0) is 13.2 Å². The monoisotopic (exact) mass is 459 g/mol. The molecule has 148 valence electrons. The molecule has 2 nitrogen and oxygen atoms in total. The van der Waals surface area contributed by atoms with Crippen molar-refractivity contribution in [2.45, 2.75) is 57.2 Å². The molecule has 4 aliphatic carbocycles. The molecule has 28 heavy (non-hydrogen) atoms. The third-order valence-corrected chi connectivity index (χ3v) is 7.92. The van der Waals surface area contributed by atoms with Crippen LogP contribution in [0.5, 0.6) is 5.75 Å². The molecule has 1 N–H and O–H groups in total. The van der Waals surface area contributed by atoms with E-state index in [9.17, 15) is 0 Å². The maximum absolute atomic E-state index is 6.29. The summed E-state index contributed by atoms with van der Waals surface area (Å²) < 4.78 is 7.28. The summed E-state index contributed by atoms with van der Waals surface area (Å²) in [5.74, 6) is 3.81. The predicted octanol–water partition coefficient (Wildman–Crippen LogP) is 6.74. The first-order valence-electron chi connectivity index (χ1n) is 10.5. The lowest BCUT2D eigenvalue weighted by Crippen LogP contribution is -2.58. The van der Waals surface area contributed by atoms with E-state index in [0.29, 0.717) is 12.1 Å². The fourth-order valence-corrected chi connectivity index (χ4v) is 6.81. The zero-order valence-electron chi connectivity index (χ0n) is 16.1. The molecule has 0 aromatic heterocycles. The summed E-state index contributed by atoms with van der Waals surface area (Å²) in [6.45, 7) is 1.36. The van der Waals surface area contributed by atoms with Crippen molar-refractivity contribution < 1.29 is 4.74 Å². The van der Waals surface area contributed by atoms with Gasteiger partial charge in [-0.15, -0.1) is 0 Å². The van der Waals surface area contributed by atoms with Crippen LogP contribution in [0, 0.1) is 17.8 Å². The topological polar surface area (TPSA) is 21.3 Å². The Morgan fingerprint density at radius 3 is 2.32 bits per heavy atom. The standard InChI is InChI=1S/C24H27BrClNO/c25-21-5-6-23(28-15-19-3-1-2-4-22(19)26)20(10-21)14-27-24-11-16-7-17(12-24)9-18(8-16)13-24/h1-6,10,16-18,27H,7-9,11-15H2. The zero-order valence-corrected chi connectivity index (χ0v) is 18.4. The molecule has 4 heteroatoms. The lowest BCUT2D eigenvalue weighted by molar-refractivity contribution is -0.0206. The van der Waals surface area contributed by atoms with Gasteiger partial charge in [0.2, 0.25) is 0 Å². The maximum atomic E-state index is 6.29. The van der Waals surface area contributed by atoms with Crippen molar-refractivity contribution in [2.75, 3.05) is 0 Å². The van der Waals surface area contributed by atoms with E-state index in [0.717, 1.165) is 45.1 Å². The van der Waals surface area contributed by atoms with Gasteiger partial charge in [-0.2, -0.15) is 0 Å². The minimum Gasteiger partial charge on any atom is -0.489 e. The largest absolute Gasteiger partial charge is 0.489 e. The van der Waals surface area contributed by atoms with Gasteiger partial charge in [0.1, 0.15) is 12.4 Å². The van der Waals surface area contributed by atoms with Gasteiger partial charge in [-0.25, -0.2) is 0 Å². The molecule has 0 heterocycles. The summed E-state index contributed by atoms with van der Waals surface area (Å²) >= 11 is 9.93. The quantitative estimate of drug-likeness (QED) is 0.515. The lowest BCUT2D eigenvalue weighted by atomic mass is 9.53. The number of ether oxygens (including phenoxy) is 1. The molecule has 4 saturated carbocycles. The molecule has 0 radical (unpaired) electrons. The van der Waals surface area contributed by atoms with Gasteiger partial charge in [-0.3, -0.25) is 0 Å². The van der Waals surface area contributed by atoms with E-state index in [-0.39, 0.29) is 0 Å². The molecule has 4 bridgehead atoms. The Bertz CT molecular complexity index is 832. The molecule has 0 amide bonds. The van der Waals surface area contributed by atoms with E-state index < -0.39 is 0 Å². The Balaban J connectivity index is 1.30. The molecule has 2 aromatic carbocycles. The average molecular weight is 461 g/mol. The number of halogens is 2. The van der Waals surface area contributed by atoms with Gasteiger partial charge < -0.3 is 10.1 Å². The van der Waals surface area contributed by atoms with Crippen LogP contribution in [0.25, 0.3) is 0 Å². The first-order valence-corrected chi connectivity index (χ1v) is 11.7. The van der Waals surface area contributed by atoms with E-state index in [2.05, 4.69) is 39.4 Å². The van der Waals surface area contributed by atoms with Crippen molar-refractivity contribution in [3.05, 3.63) is 63.1 Å². The highest BCUT2D eigenvalue weighted by atomic mass is 79.9.